The van der Waals surface area contributed by atoms with Crippen molar-refractivity contribution in [3.63, 3.8) is 0 Å². The van der Waals surface area contributed by atoms with E-state index in [0.717, 1.165) is 22.8 Å². The van der Waals surface area contributed by atoms with Gasteiger partial charge in [0.1, 0.15) is 5.69 Å². The third kappa shape index (κ3) is 6.09. The van der Waals surface area contributed by atoms with Gasteiger partial charge in [-0.15, -0.1) is 0 Å². The molecular formula is C23H15Cl3F4N4O4. The zero-order chi connectivity index (χ0) is 28.5. The molecule has 0 saturated carbocycles. The van der Waals surface area contributed by atoms with Gasteiger partial charge in [0.15, 0.2) is 5.83 Å². The Morgan fingerprint density at radius 1 is 1.08 bits per heavy atom. The number of rotatable bonds is 6. The van der Waals surface area contributed by atoms with E-state index in [1.54, 1.807) is 0 Å². The first-order valence-corrected chi connectivity index (χ1v) is 11.4. The number of benzene rings is 2. The Morgan fingerprint density at radius 2 is 1.68 bits per heavy atom. The van der Waals surface area contributed by atoms with Crippen molar-refractivity contribution in [2.75, 3.05) is 12.4 Å². The molecule has 0 spiro atoms. The Labute approximate surface area is 226 Å². The van der Waals surface area contributed by atoms with Crippen LogP contribution in [0.25, 0.3) is 11.8 Å². The van der Waals surface area contributed by atoms with Crippen LogP contribution in [0.3, 0.4) is 0 Å². The summed E-state index contributed by atoms with van der Waals surface area (Å²) in [5, 5.41) is 14.9. The van der Waals surface area contributed by atoms with E-state index in [0.29, 0.717) is 17.8 Å². The molecule has 2 aromatic carbocycles. The van der Waals surface area contributed by atoms with Gasteiger partial charge in [0.2, 0.25) is 0 Å². The molecule has 3 rings (SSSR count). The molecule has 38 heavy (non-hydrogen) atoms. The highest BCUT2D eigenvalue weighted by molar-refractivity contribution is 6.38. The molecule has 0 atom stereocenters. The maximum atomic E-state index is 14.3. The van der Waals surface area contributed by atoms with Gasteiger partial charge in [0.05, 0.1) is 31.9 Å². The average Bonchev–Trinajstić information content (AvgIpc) is 3.25. The number of amides is 2. The van der Waals surface area contributed by atoms with Gasteiger partial charge in [0, 0.05) is 36.0 Å². The van der Waals surface area contributed by atoms with Gasteiger partial charge >= 0.3 is 6.18 Å². The maximum absolute atomic E-state index is 14.3. The number of aromatic nitrogens is 1. The second kappa shape index (κ2) is 11.0. The molecule has 0 aliphatic rings. The normalized spacial score (nSPS) is 11.9. The maximum Gasteiger partial charge on any atom is 0.417 e. The Kier molecular flexibility index (Phi) is 8.39. The molecule has 0 radical (unpaired) electrons. The topological polar surface area (TPSA) is 106 Å². The Morgan fingerprint density at radius 3 is 2.21 bits per heavy atom. The molecule has 1 aromatic heterocycles. The summed E-state index contributed by atoms with van der Waals surface area (Å²) < 4.78 is 55.8. The van der Waals surface area contributed by atoms with Crippen molar-refractivity contribution < 1.29 is 32.1 Å². The SMILES string of the molecule is CNC(=O)/C(F)=C/c1cc(Cl)cc(C)c1NC(=O)c1cc(C(F)(F)F)cn1-c1c(Cl)cc([N+](=O)[O-])cc1Cl. The van der Waals surface area contributed by atoms with Crippen LogP contribution >= 0.6 is 34.8 Å². The van der Waals surface area contributed by atoms with Gasteiger partial charge < -0.3 is 15.2 Å². The standard InChI is InChI=1S/C23H15Cl3F4N4O4/c1-10-3-13(24)4-11(5-17(27)21(35)31-2)19(10)32-22(36)18-6-12(23(28,29)30)9-33(18)20-15(25)7-14(34(37)38)8-16(20)26/h3-9H,1-2H3,(H,31,35)(H,32,36)/b17-5-. The summed E-state index contributed by atoms with van der Waals surface area (Å²) >= 11 is 18.3. The minimum atomic E-state index is -4.89. The number of likely N-dealkylation sites (N-methyl/N-ethyl adjacent to an activating group) is 1. The number of nitrogens with one attached hydrogen (secondary N) is 2. The largest absolute Gasteiger partial charge is 0.417 e. The number of hydrogen-bond donors (Lipinski definition) is 2. The number of anilines is 1. The smallest absolute Gasteiger partial charge is 0.353 e. The summed E-state index contributed by atoms with van der Waals surface area (Å²) in [4.78, 5) is 35.2. The van der Waals surface area contributed by atoms with E-state index >= 15 is 0 Å². The van der Waals surface area contributed by atoms with Crippen molar-refractivity contribution in [3.8, 4) is 5.69 Å². The van der Waals surface area contributed by atoms with Crippen LogP contribution in [0, 0.1) is 17.0 Å². The number of nitro benzene ring substituents is 1. The lowest BCUT2D eigenvalue weighted by Crippen LogP contribution is -2.19. The number of carbonyl (C=O) groups excluding carboxylic acids is 2. The molecule has 200 valence electrons. The minimum absolute atomic E-state index is 0.0509. The molecular weight excluding hydrogens is 579 g/mol. The van der Waals surface area contributed by atoms with E-state index < -0.39 is 55.7 Å². The zero-order valence-corrected chi connectivity index (χ0v) is 21.5. The summed E-state index contributed by atoms with van der Waals surface area (Å²) in [7, 11) is 1.20. The van der Waals surface area contributed by atoms with Crippen molar-refractivity contribution in [2.24, 2.45) is 0 Å². The lowest BCUT2D eigenvalue weighted by Gasteiger charge is -2.16. The fourth-order valence-corrected chi connectivity index (χ4v) is 4.36. The number of alkyl halides is 3. The van der Waals surface area contributed by atoms with Gasteiger partial charge in [-0.1, -0.05) is 34.8 Å². The van der Waals surface area contributed by atoms with Gasteiger partial charge in [-0.25, -0.2) is 4.39 Å². The molecule has 2 N–H and O–H groups in total. The average molecular weight is 594 g/mol. The zero-order valence-electron chi connectivity index (χ0n) is 19.2. The van der Waals surface area contributed by atoms with Crippen LogP contribution < -0.4 is 10.6 Å². The number of nitro groups is 1. The van der Waals surface area contributed by atoms with Gasteiger partial charge in [-0.3, -0.25) is 19.7 Å². The first-order valence-electron chi connectivity index (χ1n) is 10.3. The monoisotopic (exact) mass is 592 g/mol. The van der Waals surface area contributed by atoms with E-state index in [1.165, 1.54) is 26.1 Å². The fraction of sp³-hybridized carbons (Fsp3) is 0.130. The second-order valence-electron chi connectivity index (χ2n) is 7.71. The molecule has 1 heterocycles. The Hall–Kier alpha value is -3.61. The molecule has 2 amide bonds. The number of hydrogen-bond acceptors (Lipinski definition) is 4. The molecule has 3 aromatic rings. The predicted molar refractivity (Wildman–Crippen MR) is 135 cm³/mol. The Bertz CT molecular complexity index is 1480. The lowest BCUT2D eigenvalue weighted by atomic mass is 10.1. The number of halogens is 7. The number of carbonyl (C=O) groups is 2. The van der Waals surface area contributed by atoms with E-state index in [1.807, 2.05) is 0 Å². The highest BCUT2D eigenvalue weighted by Gasteiger charge is 2.35. The molecule has 0 aliphatic heterocycles. The third-order valence-corrected chi connectivity index (χ3v) is 5.92. The van der Waals surface area contributed by atoms with E-state index in [4.69, 9.17) is 34.8 Å². The van der Waals surface area contributed by atoms with Crippen LogP contribution in [0.15, 0.2) is 42.4 Å². The van der Waals surface area contributed by atoms with Gasteiger partial charge in [-0.05, 0) is 36.8 Å². The quantitative estimate of drug-likeness (QED) is 0.139. The van der Waals surface area contributed by atoms with Crippen LogP contribution in [0.5, 0.6) is 0 Å². The highest BCUT2D eigenvalue weighted by Crippen LogP contribution is 2.38. The van der Waals surface area contributed by atoms with E-state index in [2.05, 4.69) is 10.6 Å². The van der Waals surface area contributed by atoms with Gasteiger partial charge in [-0.2, -0.15) is 13.2 Å². The molecule has 0 bridgehead atoms. The molecule has 0 saturated heterocycles. The minimum Gasteiger partial charge on any atom is -0.353 e. The first kappa shape index (κ1) is 29.0. The summed E-state index contributed by atoms with van der Waals surface area (Å²) in [6.45, 7) is 1.49. The van der Waals surface area contributed by atoms with E-state index in [9.17, 15) is 37.3 Å². The van der Waals surface area contributed by atoms with Crippen molar-refractivity contribution in [3.05, 3.63) is 89.9 Å². The van der Waals surface area contributed by atoms with Crippen LogP contribution in [-0.2, 0) is 11.0 Å². The number of nitrogens with zero attached hydrogens (tertiary/aromatic N) is 2. The summed E-state index contributed by atoms with van der Waals surface area (Å²) in [5.41, 5.74) is -2.51. The van der Waals surface area contributed by atoms with Gasteiger partial charge in [0.25, 0.3) is 17.5 Å². The molecule has 0 fully saturated rings. The highest BCUT2D eigenvalue weighted by atomic mass is 35.5. The second-order valence-corrected chi connectivity index (χ2v) is 8.96. The van der Waals surface area contributed by atoms with Crippen molar-refractivity contribution in [1.82, 2.24) is 9.88 Å². The van der Waals surface area contributed by atoms with E-state index in [-0.39, 0.29) is 22.0 Å². The molecule has 15 heteroatoms. The predicted octanol–water partition coefficient (Wildman–Crippen LogP) is 6.98. The summed E-state index contributed by atoms with van der Waals surface area (Å²) in [6, 6.07) is 4.89. The molecule has 0 unspecified atom stereocenters. The fourth-order valence-electron chi connectivity index (χ4n) is 3.42. The van der Waals surface area contributed by atoms with Crippen LogP contribution in [0.2, 0.25) is 15.1 Å². The van der Waals surface area contributed by atoms with Crippen molar-refractivity contribution in [1.29, 1.82) is 0 Å². The first-order chi connectivity index (χ1) is 17.6. The van der Waals surface area contributed by atoms with Crippen molar-refractivity contribution >= 4 is 64.1 Å². The number of aryl methyl sites for hydroxylation is 1. The molecule has 8 nitrogen and oxygen atoms in total. The summed E-state index contributed by atoms with van der Waals surface area (Å²) in [6.07, 6.45) is -3.55. The summed E-state index contributed by atoms with van der Waals surface area (Å²) in [5.74, 6) is -3.39. The Balaban J connectivity index is 2.18. The lowest BCUT2D eigenvalue weighted by molar-refractivity contribution is -0.384. The third-order valence-electron chi connectivity index (χ3n) is 5.13. The van der Waals surface area contributed by atoms with Crippen LogP contribution in [0.1, 0.15) is 27.2 Å². The van der Waals surface area contributed by atoms with Crippen molar-refractivity contribution in [2.45, 2.75) is 13.1 Å². The van der Waals surface area contributed by atoms with Crippen LogP contribution in [-0.4, -0.2) is 28.4 Å². The molecule has 0 aliphatic carbocycles. The van der Waals surface area contributed by atoms with Crippen LogP contribution in [0.4, 0.5) is 28.9 Å². The number of non-ortho nitro benzene ring substituents is 1.